The van der Waals surface area contributed by atoms with E-state index in [2.05, 4.69) is 0 Å². The van der Waals surface area contributed by atoms with Crippen molar-refractivity contribution < 1.29 is 17.9 Å². The quantitative estimate of drug-likeness (QED) is 0.647. The molecular formula is C8H16N2O4S. The van der Waals surface area contributed by atoms with Crippen LogP contribution in [-0.4, -0.2) is 51.8 Å². The fourth-order valence-electron chi connectivity index (χ4n) is 1.71. The zero-order valence-corrected chi connectivity index (χ0v) is 9.50. The first-order chi connectivity index (χ1) is 6.92. The summed E-state index contributed by atoms with van der Waals surface area (Å²) in [4.78, 5) is 13.0. The summed E-state index contributed by atoms with van der Waals surface area (Å²) < 4.78 is 26.5. The van der Waals surface area contributed by atoms with Gasteiger partial charge in [0, 0.05) is 32.5 Å². The molecule has 7 heteroatoms. The summed E-state index contributed by atoms with van der Waals surface area (Å²) in [7, 11) is -1.93. The topological polar surface area (TPSA) is 89.7 Å². The molecule has 1 saturated heterocycles. The van der Waals surface area contributed by atoms with E-state index in [1.165, 1.54) is 0 Å². The van der Waals surface area contributed by atoms with E-state index in [9.17, 15) is 13.2 Å². The lowest BCUT2D eigenvalue weighted by molar-refractivity contribution is -0.128. The maximum absolute atomic E-state index is 11.4. The molecular weight excluding hydrogens is 220 g/mol. The van der Waals surface area contributed by atoms with Crippen LogP contribution in [0.25, 0.3) is 0 Å². The fourth-order valence-corrected chi connectivity index (χ4v) is 2.59. The van der Waals surface area contributed by atoms with Crippen LogP contribution < -0.4 is 5.14 Å². The van der Waals surface area contributed by atoms with Crippen molar-refractivity contribution in [2.45, 2.75) is 6.42 Å². The summed E-state index contributed by atoms with van der Waals surface area (Å²) in [5, 5.41) is 4.92. The molecule has 0 aliphatic carbocycles. The SMILES string of the molecule is COCCN1CC(CS(N)(=O)=O)CC1=O. The Bertz CT molecular complexity index is 328. The van der Waals surface area contributed by atoms with Crippen LogP contribution in [0.5, 0.6) is 0 Å². The van der Waals surface area contributed by atoms with Gasteiger partial charge in [0.05, 0.1) is 12.4 Å². The monoisotopic (exact) mass is 236 g/mol. The van der Waals surface area contributed by atoms with Gasteiger partial charge in [-0.1, -0.05) is 0 Å². The number of hydrogen-bond acceptors (Lipinski definition) is 4. The number of amides is 1. The molecule has 1 heterocycles. The van der Waals surface area contributed by atoms with Crippen LogP contribution in [0.15, 0.2) is 0 Å². The Morgan fingerprint density at radius 1 is 1.60 bits per heavy atom. The van der Waals surface area contributed by atoms with Gasteiger partial charge in [-0.25, -0.2) is 13.6 Å². The molecule has 1 aliphatic heterocycles. The van der Waals surface area contributed by atoms with E-state index in [1.54, 1.807) is 12.0 Å². The molecule has 1 aliphatic rings. The Hall–Kier alpha value is -0.660. The molecule has 0 aromatic heterocycles. The van der Waals surface area contributed by atoms with Gasteiger partial charge >= 0.3 is 0 Å². The first-order valence-corrected chi connectivity index (χ1v) is 6.41. The van der Waals surface area contributed by atoms with Crippen molar-refractivity contribution in [2.75, 3.05) is 32.6 Å². The first-order valence-electron chi connectivity index (χ1n) is 4.69. The summed E-state index contributed by atoms with van der Waals surface area (Å²) in [5.41, 5.74) is 0. The van der Waals surface area contributed by atoms with Gasteiger partial charge in [-0.2, -0.15) is 0 Å². The van der Waals surface area contributed by atoms with E-state index < -0.39 is 10.0 Å². The second kappa shape index (κ2) is 4.91. The van der Waals surface area contributed by atoms with Crippen LogP contribution >= 0.6 is 0 Å². The Balaban J connectivity index is 2.45. The molecule has 0 bridgehead atoms. The van der Waals surface area contributed by atoms with E-state index in [-0.39, 0.29) is 24.0 Å². The number of likely N-dealkylation sites (tertiary alicyclic amines) is 1. The molecule has 0 aromatic rings. The van der Waals surface area contributed by atoms with Gasteiger partial charge in [0.15, 0.2) is 0 Å². The Labute approximate surface area is 89.4 Å². The average molecular weight is 236 g/mol. The minimum Gasteiger partial charge on any atom is -0.383 e. The third kappa shape index (κ3) is 4.15. The van der Waals surface area contributed by atoms with Crippen molar-refractivity contribution in [1.82, 2.24) is 4.90 Å². The summed E-state index contributed by atoms with van der Waals surface area (Å²) >= 11 is 0. The molecule has 1 rings (SSSR count). The van der Waals surface area contributed by atoms with E-state index in [0.717, 1.165) is 0 Å². The average Bonchev–Trinajstić information content (AvgIpc) is 2.39. The predicted molar refractivity (Wildman–Crippen MR) is 54.5 cm³/mol. The van der Waals surface area contributed by atoms with Gasteiger partial charge in [0.2, 0.25) is 15.9 Å². The normalized spacial score (nSPS) is 22.4. The van der Waals surface area contributed by atoms with Crippen molar-refractivity contribution in [2.24, 2.45) is 11.1 Å². The summed E-state index contributed by atoms with van der Waals surface area (Å²) in [6.07, 6.45) is 0.264. The minimum atomic E-state index is -3.49. The molecule has 2 N–H and O–H groups in total. The second-order valence-electron chi connectivity index (χ2n) is 3.73. The van der Waals surface area contributed by atoms with Crippen LogP contribution in [0.2, 0.25) is 0 Å². The molecule has 0 spiro atoms. The van der Waals surface area contributed by atoms with Crippen molar-refractivity contribution in [3.63, 3.8) is 0 Å². The number of primary sulfonamides is 1. The molecule has 0 radical (unpaired) electrons. The maximum atomic E-state index is 11.4. The van der Waals surface area contributed by atoms with Gasteiger partial charge in [-0.15, -0.1) is 0 Å². The van der Waals surface area contributed by atoms with Crippen LogP contribution in [-0.2, 0) is 19.6 Å². The first kappa shape index (κ1) is 12.4. The number of carbonyl (C=O) groups is 1. The highest BCUT2D eigenvalue weighted by molar-refractivity contribution is 7.89. The predicted octanol–water partition coefficient (Wildman–Crippen LogP) is -1.23. The standard InChI is InChI=1S/C8H16N2O4S/c1-14-3-2-10-5-7(4-8(10)11)6-15(9,12)13/h7H,2-6H2,1H3,(H2,9,12,13). The molecule has 0 saturated carbocycles. The number of sulfonamides is 1. The zero-order valence-electron chi connectivity index (χ0n) is 8.68. The summed E-state index contributed by atoms with van der Waals surface area (Å²) in [6, 6.07) is 0. The lowest BCUT2D eigenvalue weighted by Gasteiger charge is -2.15. The molecule has 1 atom stereocenters. The van der Waals surface area contributed by atoms with Crippen LogP contribution in [0, 0.1) is 5.92 Å². The zero-order chi connectivity index (χ0) is 11.5. The molecule has 6 nitrogen and oxygen atoms in total. The van der Waals surface area contributed by atoms with Gasteiger partial charge < -0.3 is 9.64 Å². The number of carbonyl (C=O) groups excluding carboxylic acids is 1. The number of rotatable bonds is 5. The summed E-state index contributed by atoms with van der Waals surface area (Å²) in [6.45, 7) is 1.43. The van der Waals surface area contributed by atoms with Crippen LogP contribution in [0.3, 0.4) is 0 Å². The molecule has 1 amide bonds. The highest BCUT2D eigenvalue weighted by Gasteiger charge is 2.31. The number of methoxy groups -OCH3 is 1. The molecule has 88 valence electrons. The highest BCUT2D eigenvalue weighted by atomic mass is 32.2. The number of hydrogen-bond donors (Lipinski definition) is 1. The smallest absolute Gasteiger partial charge is 0.223 e. The molecule has 1 unspecified atom stereocenters. The number of nitrogens with zero attached hydrogens (tertiary/aromatic N) is 1. The molecule has 15 heavy (non-hydrogen) atoms. The fraction of sp³-hybridized carbons (Fsp3) is 0.875. The number of nitrogens with two attached hydrogens (primary N) is 1. The Kier molecular flexibility index (Phi) is 4.06. The Morgan fingerprint density at radius 3 is 2.80 bits per heavy atom. The molecule has 1 fully saturated rings. The maximum Gasteiger partial charge on any atom is 0.223 e. The molecule has 0 aromatic carbocycles. The number of ether oxygens (including phenoxy) is 1. The third-order valence-electron chi connectivity index (χ3n) is 2.33. The van der Waals surface area contributed by atoms with E-state index in [0.29, 0.717) is 19.7 Å². The van der Waals surface area contributed by atoms with E-state index in [1.807, 2.05) is 0 Å². The van der Waals surface area contributed by atoms with Gasteiger partial charge in [-0.05, 0) is 0 Å². The third-order valence-corrected chi connectivity index (χ3v) is 3.26. The van der Waals surface area contributed by atoms with Crippen molar-refractivity contribution in [1.29, 1.82) is 0 Å². The lowest BCUT2D eigenvalue weighted by atomic mass is 10.1. The van der Waals surface area contributed by atoms with Gasteiger partial charge in [0.1, 0.15) is 0 Å². The van der Waals surface area contributed by atoms with E-state index in [4.69, 9.17) is 9.88 Å². The largest absolute Gasteiger partial charge is 0.383 e. The second-order valence-corrected chi connectivity index (χ2v) is 5.39. The summed E-state index contributed by atoms with van der Waals surface area (Å²) in [5.74, 6) is -0.326. The Morgan fingerprint density at radius 2 is 2.27 bits per heavy atom. The van der Waals surface area contributed by atoms with Crippen molar-refractivity contribution in [3.05, 3.63) is 0 Å². The van der Waals surface area contributed by atoms with Crippen LogP contribution in [0.4, 0.5) is 0 Å². The van der Waals surface area contributed by atoms with Crippen molar-refractivity contribution in [3.8, 4) is 0 Å². The van der Waals surface area contributed by atoms with Gasteiger partial charge in [-0.3, -0.25) is 4.79 Å². The highest BCUT2D eigenvalue weighted by Crippen LogP contribution is 2.18. The van der Waals surface area contributed by atoms with E-state index >= 15 is 0 Å². The van der Waals surface area contributed by atoms with Crippen molar-refractivity contribution >= 4 is 15.9 Å². The minimum absolute atomic E-state index is 0.0271. The van der Waals surface area contributed by atoms with Crippen LogP contribution in [0.1, 0.15) is 6.42 Å². The lowest BCUT2D eigenvalue weighted by Crippen LogP contribution is -2.30. The van der Waals surface area contributed by atoms with Gasteiger partial charge in [0.25, 0.3) is 0 Å².